The van der Waals surface area contributed by atoms with Crippen LogP contribution < -0.4 is 14.8 Å². The van der Waals surface area contributed by atoms with E-state index in [-0.39, 0.29) is 23.9 Å². The molecule has 1 fully saturated rings. The average Bonchev–Trinajstić information content (AvgIpc) is 3.48. The number of benzene rings is 1. The third-order valence-electron chi connectivity index (χ3n) is 5.42. The van der Waals surface area contributed by atoms with E-state index < -0.39 is 0 Å². The molecule has 0 unspecified atom stereocenters. The smallest absolute Gasteiger partial charge is 0.274 e. The lowest BCUT2D eigenvalue weighted by Crippen LogP contribution is -2.38. The standard InChI is InChI=1S/C23H30N4O4/c1-5-26(14-21(28)24-16-8-9-19-20(12-16)31-11-10-30-19)22(29)17-13-18(15-6-7-15)27(25-17)23(2,3)4/h8-9,12-13,15H,5-7,10-11,14H2,1-4H3,(H,24,28). The van der Waals surface area contributed by atoms with Crippen LogP contribution >= 0.6 is 0 Å². The summed E-state index contributed by atoms with van der Waals surface area (Å²) in [5.41, 5.74) is 1.90. The second-order valence-corrected chi connectivity index (χ2v) is 9.04. The molecule has 0 radical (unpaired) electrons. The molecule has 1 aliphatic heterocycles. The molecule has 0 atom stereocenters. The topological polar surface area (TPSA) is 85.7 Å². The molecule has 166 valence electrons. The van der Waals surface area contributed by atoms with Crippen LogP contribution in [0, 0.1) is 0 Å². The first-order valence-corrected chi connectivity index (χ1v) is 10.9. The Morgan fingerprint density at radius 1 is 1.16 bits per heavy atom. The lowest BCUT2D eigenvalue weighted by molar-refractivity contribution is -0.116. The van der Waals surface area contributed by atoms with Crippen LogP contribution in [0.1, 0.15) is 62.6 Å². The van der Waals surface area contributed by atoms with Gasteiger partial charge in [-0.25, -0.2) is 0 Å². The van der Waals surface area contributed by atoms with Crippen LogP contribution in [0.15, 0.2) is 24.3 Å². The zero-order valence-corrected chi connectivity index (χ0v) is 18.6. The Balaban J connectivity index is 1.45. The number of likely N-dealkylation sites (N-methyl/N-ethyl adjacent to an activating group) is 1. The molecule has 1 aliphatic carbocycles. The van der Waals surface area contributed by atoms with Crippen molar-refractivity contribution in [3.63, 3.8) is 0 Å². The van der Waals surface area contributed by atoms with Crippen molar-refractivity contribution in [1.82, 2.24) is 14.7 Å². The lowest BCUT2D eigenvalue weighted by Gasteiger charge is -2.23. The van der Waals surface area contributed by atoms with Gasteiger partial charge in [0.1, 0.15) is 19.8 Å². The molecule has 1 saturated carbocycles. The van der Waals surface area contributed by atoms with Crippen molar-refractivity contribution < 1.29 is 19.1 Å². The van der Waals surface area contributed by atoms with E-state index in [4.69, 9.17) is 9.47 Å². The fourth-order valence-electron chi connectivity index (χ4n) is 3.69. The fraction of sp³-hybridized carbons (Fsp3) is 0.522. The first-order valence-electron chi connectivity index (χ1n) is 10.9. The van der Waals surface area contributed by atoms with Crippen LogP contribution in [0.4, 0.5) is 5.69 Å². The van der Waals surface area contributed by atoms with Gasteiger partial charge in [0.2, 0.25) is 5.91 Å². The molecular formula is C23H30N4O4. The molecule has 4 rings (SSSR count). The molecule has 2 amide bonds. The second kappa shape index (κ2) is 8.24. The summed E-state index contributed by atoms with van der Waals surface area (Å²) in [6.45, 7) is 9.46. The largest absolute Gasteiger partial charge is 0.486 e. The molecule has 31 heavy (non-hydrogen) atoms. The van der Waals surface area contributed by atoms with Gasteiger partial charge in [0.15, 0.2) is 17.2 Å². The Morgan fingerprint density at radius 3 is 2.52 bits per heavy atom. The molecule has 8 nitrogen and oxygen atoms in total. The predicted octanol–water partition coefficient (Wildman–Crippen LogP) is 3.39. The van der Waals surface area contributed by atoms with Crippen LogP contribution in [0.3, 0.4) is 0 Å². The van der Waals surface area contributed by atoms with E-state index in [1.165, 1.54) is 4.90 Å². The van der Waals surface area contributed by atoms with E-state index in [1.54, 1.807) is 18.2 Å². The van der Waals surface area contributed by atoms with Crippen molar-refractivity contribution in [2.45, 2.75) is 52.0 Å². The van der Waals surface area contributed by atoms with Crippen LogP contribution in [-0.2, 0) is 10.3 Å². The second-order valence-electron chi connectivity index (χ2n) is 9.04. The highest BCUT2D eigenvalue weighted by atomic mass is 16.6. The van der Waals surface area contributed by atoms with E-state index in [0.29, 0.717) is 48.6 Å². The third kappa shape index (κ3) is 4.68. The first kappa shape index (κ1) is 21.2. The number of aromatic nitrogens is 2. The van der Waals surface area contributed by atoms with E-state index in [1.807, 2.05) is 17.7 Å². The zero-order chi connectivity index (χ0) is 22.2. The van der Waals surface area contributed by atoms with E-state index >= 15 is 0 Å². The van der Waals surface area contributed by atoms with Crippen molar-refractivity contribution in [2.75, 3.05) is 31.6 Å². The summed E-state index contributed by atoms with van der Waals surface area (Å²) >= 11 is 0. The highest BCUT2D eigenvalue weighted by molar-refractivity contribution is 5.98. The maximum atomic E-state index is 13.1. The predicted molar refractivity (Wildman–Crippen MR) is 117 cm³/mol. The average molecular weight is 427 g/mol. The number of rotatable bonds is 6. The minimum Gasteiger partial charge on any atom is -0.486 e. The Hall–Kier alpha value is -3.03. The molecule has 8 heteroatoms. The van der Waals surface area contributed by atoms with E-state index in [9.17, 15) is 9.59 Å². The maximum Gasteiger partial charge on any atom is 0.274 e. The molecule has 0 bridgehead atoms. The molecular weight excluding hydrogens is 396 g/mol. The zero-order valence-electron chi connectivity index (χ0n) is 18.6. The van der Waals surface area contributed by atoms with Crippen LogP contribution in [0.5, 0.6) is 11.5 Å². The van der Waals surface area contributed by atoms with Crippen molar-refractivity contribution in [3.8, 4) is 11.5 Å². The molecule has 0 spiro atoms. The molecule has 1 aromatic carbocycles. The summed E-state index contributed by atoms with van der Waals surface area (Å²) in [5.74, 6) is 1.24. The maximum absolute atomic E-state index is 13.1. The number of carbonyl (C=O) groups excluding carboxylic acids is 2. The molecule has 0 saturated heterocycles. The lowest BCUT2D eigenvalue weighted by atomic mass is 10.1. The summed E-state index contributed by atoms with van der Waals surface area (Å²) in [6.07, 6.45) is 2.26. The minimum absolute atomic E-state index is 0.0507. The summed E-state index contributed by atoms with van der Waals surface area (Å²) in [4.78, 5) is 27.3. The Kier molecular flexibility index (Phi) is 5.64. The van der Waals surface area contributed by atoms with Gasteiger partial charge >= 0.3 is 0 Å². The SMILES string of the molecule is CCN(CC(=O)Nc1ccc2c(c1)OCCO2)C(=O)c1cc(C2CC2)n(C(C)(C)C)n1. The summed E-state index contributed by atoms with van der Waals surface area (Å²) in [6, 6.07) is 7.16. The number of anilines is 1. The van der Waals surface area contributed by atoms with Gasteiger partial charge in [0, 0.05) is 29.9 Å². The highest BCUT2D eigenvalue weighted by Gasteiger charge is 2.33. The van der Waals surface area contributed by atoms with Crippen molar-refractivity contribution in [3.05, 3.63) is 35.7 Å². The first-order chi connectivity index (χ1) is 14.8. The van der Waals surface area contributed by atoms with Crippen LogP contribution in [-0.4, -0.2) is 52.8 Å². The number of hydrogen-bond donors (Lipinski definition) is 1. The van der Waals surface area contributed by atoms with Crippen molar-refractivity contribution in [1.29, 1.82) is 0 Å². The van der Waals surface area contributed by atoms with Gasteiger partial charge in [-0.3, -0.25) is 14.3 Å². The van der Waals surface area contributed by atoms with Gasteiger partial charge in [-0.05, 0) is 58.7 Å². The Bertz CT molecular complexity index is 988. The number of nitrogens with one attached hydrogen (secondary N) is 1. The van der Waals surface area contributed by atoms with Crippen LogP contribution in [0.25, 0.3) is 0 Å². The summed E-state index contributed by atoms with van der Waals surface area (Å²) in [7, 11) is 0. The van der Waals surface area contributed by atoms with Crippen molar-refractivity contribution >= 4 is 17.5 Å². The van der Waals surface area contributed by atoms with Crippen LogP contribution in [0.2, 0.25) is 0 Å². The molecule has 1 N–H and O–H groups in total. The number of carbonyl (C=O) groups is 2. The number of fused-ring (bicyclic) bond motifs is 1. The fourth-order valence-corrected chi connectivity index (χ4v) is 3.69. The Morgan fingerprint density at radius 2 is 1.87 bits per heavy atom. The van der Waals surface area contributed by atoms with Gasteiger partial charge in [-0.1, -0.05) is 0 Å². The number of hydrogen-bond acceptors (Lipinski definition) is 5. The van der Waals surface area contributed by atoms with Gasteiger partial charge < -0.3 is 19.7 Å². The third-order valence-corrected chi connectivity index (χ3v) is 5.42. The molecule has 2 aromatic rings. The highest BCUT2D eigenvalue weighted by Crippen LogP contribution is 2.41. The monoisotopic (exact) mass is 426 g/mol. The van der Waals surface area contributed by atoms with Gasteiger partial charge in [-0.2, -0.15) is 5.10 Å². The molecule has 2 aliphatic rings. The van der Waals surface area contributed by atoms with Crippen molar-refractivity contribution in [2.24, 2.45) is 0 Å². The summed E-state index contributed by atoms with van der Waals surface area (Å²) < 4.78 is 13.0. The number of nitrogens with zero attached hydrogens (tertiary/aromatic N) is 3. The summed E-state index contributed by atoms with van der Waals surface area (Å²) in [5, 5.41) is 7.45. The van der Waals surface area contributed by atoms with E-state index in [0.717, 1.165) is 18.5 Å². The van der Waals surface area contributed by atoms with Gasteiger partial charge in [0.25, 0.3) is 5.91 Å². The minimum atomic E-state index is -0.274. The van der Waals surface area contributed by atoms with Gasteiger partial charge in [0.05, 0.1) is 5.54 Å². The van der Waals surface area contributed by atoms with E-state index in [2.05, 4.69) is 31.2 Å². The normalized spacial score (nSPS) is 15.5. The number of amides is 2. The Labute approximate surface area is 182 Å². The molecule has 2 heterocycles. The molecule has 1 aromatic heterocycles. The number of ether oxygens (including phenoxy) is 2. The van der Waals surface area contributed by atoms with Gasteiger partial charge in [-0.15, -0.1) is 0 Å². The quantitative estimate of drug-likeness (QED) is 0.765.